The van der Waals surface area contributed by atoms with E-state index in [1.807, 2.05) is 91.1 Å². The summed E-state index contributed by atoms with van der Waals surface area (Å²) in [5.74, 6) is 0.669. The average Bonchev–Trinajstić information content (AvgIpc) is 3.19. The van der Waals surface area contributed by atoms with Crippen LogP contribution in [0.25, 0.3) is 78.9 Å². The highest BCUT2D eigenvalue weighted by Gasteiger charge is 2.15. The van der Waals surface area contributed by atoms with Gasteiger partial charge in [-0.1, -0.05) is 121 Å². The molecule has 4 heterocycles. The zero-order chi connectivity index (χ0) is 32.1. The molecule has 0 amide bonds. The molecule has 0 saturated heterocycles. The van der Waals surface area contributed by atoms with Crippen molar-refractivity contribution in [1.82, 2.24) is 24.9 Å². The van der Waals surface area contributed by atoms with Crippen molar-refractivity contribution in [3.8, 4) is 78.9 Å². The van der Waals surface area contributed by atoms with Gasteiger partial charge in [0.25, 0.3) is 0 Å². The smallest absolute Gasteiger partial charge is 0.160 e. The van der Waals surface area contributed by atoms with Crippen LogP contribution in [0.4, 0.5) is 0 Å². The van der Waals surface area contributed by atoms with E-state index in [-0.39, 0.29) is 0 Å². The Morgan fingerprint density at radius 1 is 0.292 bits per heavy atom. The van der Waals surface area contributed by atoms with E-state index < -0.39 is 0 Å². The maximum absolute atomic E-state index is 5.06. The molecule has 8 rings (SSSR count). The van der Waals surface area contributed by atoms with Gasteiger partial charge in [0, 0.05) is 29.1 Å². The highest BCUT2D eigenvalue weighted by molar-refractivity contribution is 5.86. The minimum absolute atomic E-state index is 0.669. The van der Waals surface area contributed by atoms with Crippen LogP contribution in [0.15, 0.2) is 176 Å². The van der Waals surface area contributed by atoms with Crippen LogP contribution >= 0.6 is 0 Å². The highest BCUT2D eigenvalue weighted by atomic mass is 14.9. The average molecular weight is 616 g/mol. The fourth-order valence-corrected chi connectivity index (χ4v) is 5.83. The van der Waals surface area contributed by atoms with E-state index in [4.69, 9.17) is 19.9 Å². The predicted molar refractivity (Wildman–Crippen MR) is 193 cm³/mol. The zero-order valence-corrected chi connectivity index (χ0v) is 26.0. The van der Waals surface area contributed by atoms with Crippen molar-refractivity contribution in [1.29, 1.82) is 0 Å². The molecular weight excluding hydrogens is 587 g/mol. The number of pyridine rings is 3. The molecule has 0 bridgehead atoms. The Bertz CT molecular complexity index is 2250. The molecule has 0 radical (unpaired) electrons. The first-order chi connectivity index (χ1) is 23.8. The monoisotopic (exact) mass is 615 g/mol. The molecule has 0 saturated carbocycles. The van der Waals surface area contributed by atoms with Crippen molar-refractivity contribution in [2.45, 2.75) is 0 Å². The van der Waals surface area contributed by atoms with Crippen molar-refractivity contribution in [2.75, 3.05) is 0 Å². The number of hydrogen-bond donors (Lipinski definition) is 0. The van der Waals surface area contributed by atoms with Gasteiger partial charge in [-0.15, -0.1) is 0 Å². The van der Waals surface area contributed by atoms with Crippen LogP contribution in [0.5, 0.6) is 0 Å². The van der Waals surface area contributed by atoms with Crippen molar-refractivity contribution >= 4 is 0 Å². The lowest BCUT2D eigenvalue weighted by Gasteiger charge is -2.13. The summed E-state index contributed by atoms with van der Waals surface area (Å²) in [6.07, 6.45) is 3.66. The van der Waals surface area contributed by atoms with Gasteiger partial charge in [0.15, 0.2) is 5.82 Å². The van der Waals surface area contributed by atoms with Gasteiger partial charge in [0.2, 0.25) is 0 Å². The van der Waals surface area contributed by atoms with E-state index in [1.165, 1.54) is 0 Å². The second-order valence-electron chi connectivity index (χ2n) is 11.4. The minimum atomic E-state index is 0.669. The molecular formula is C43H29N5. The van der Waals surface area contributed by atoms with Crippen LogP contribution in [-0.4, -0.2) is 24.9 Å². The Morgan fingerprint density at radius 2 is 0.833 bits per heavy atom. The lowest BCUT2D eigenvalue weighted by atomic mass is 9.93. The first-order valence-electron chi connectivity index (χ1n) is 15.8. The van der Waals surface area contributed by atoms with Crippen LogP contribution in [-0.2, 0) is 0 Å². The molecule has 5 heteroatoms. The van der Waals surface area contributed by atoms with E-state index in [0.717, 1.165) is 73.1 Å². The third-order valence-corrected chi connectivity index (χ3v) is 8.22. The maximum atomic E-state index is 5.06. The van der Waals surface area contributed by atoms with Gasteiger partial charge in [-0.25, -0.2) is 15.0 Å². The molecule has 5 nitrogen and oxygen atoms in total. The lowest BCUT2D eigenvalue weighted by Crippen LogP contribution is -1.97. The summed E-state index contributed by atoms with van der Waals surface area (Å²) in [6, 6.07) is 55.4. The zero-order valence-electron chi connectivity index (χ0n) is 26.0. The summed E-state index contributed by atoms with van der Waals surface area (Å²) in [4.78, 5) is 24.5. The van der Waals surface area contributed by atoms with Crippen molar-refractivity contribution < 1.29 is 0 Å². The predicted octanol–water partition coefficient (Wildman–Crippen LogP) is 10.3. The molecule has 4 aromatic heterocycles. The molecule has 0 fully saturated rings. The van der Waals surface area contributed by atoms with Crippen LogP contribution in [0.1, 0.15) is 0 Å². The van der Waals surface area contributed by atoms with Crippen LogP contribution in [0, 0.1) is 0 Å². The van der Waals surface area contributed by atoms with Crippen LogP contribution in [0.2, 0.25) is 0 Å². The van der Waals surface area contributed by atoms with Crippen molar-refractivity contribution in [3.05, 3.63) is 176 Å². The molecule has 0 N–H and O–H groups in total. The number of aromatic nitrogens is 5. The molecule has 0 aliphatic rings. The number of nitrogens with zero attached hydrogens (tertiary/aromatic N) is 5. The fourth-order valence-electron chi connectivity index (χ4n) is 5.83. The maximum Gasteiger partial charge on any atom is 0.160 e. The molecule has 0 aliphatic heterocycles. The Morgan fingerprint density at radius 3 is 1.44 bits per heavy atom. The summed E-state index contributed by atoms with van der Waals surface area (Å²) in [6.45, 7) is 0. The first kappa shape index (κ1) is 28.9. The SMILES string of the molecule is c1ccc(-c2cc(-c3ccc(-c4cc(-c5ccccc5-c5ccccc5)cc(-c5ccccn5)n4)nc3)nc(-c3ccccc3)n2)cc1. The van der Waals surface area contributed by atoms with E-state index in [2.05, 4.69) is 83.8 Å². The second kappa shape index (κ2) is 13.0. The van der Waals surface area contributed by atoms with E-state index in [9.17, 15) is 0 Å². The minimum Gasteiger partial charge on any atom is -0.255 e. The summed E-state index contributed by atoms with van der Waals surface area (Å²) < 4.78 is 0. The van der Waals surface area contributed by atoms with Crippen LogP contribution in [0.3, 0.4) is 0 Å². The Labute approximate surface area is 279 Å². The number of benzene rings is 4. The van der Waals surface area contributed by atoms with Gasteiger partial charge < -0.3 is 0 Å². The molecule has 8 aromatic rings. The highest BCUT2D eigenvalue weighted by Crippen LogP contribution is 2.36. The topological polar surface area (TPSA) is 64.5 Å². The summed E-state index contributed by atoms with van der Waals surface area (Å²) >= 11 is 0. The normalized spacial score (nSPS) is 10.9. The summed E-state index contributed by atoms with van der Waals surface area (Å²) in [5, 5.41) is 0. The third-order valence-electron chi connectivity index (χ3n) is 8.22. The van der Waals surface area contributed by atoms with Crippen molar-refractivity contribution in [3.63, 3.8) is 0 Å². The standard InChI is InChI=1S/C43H29N5/c1-4-14-30(15-5-1)35-20-10-11-21-36(35)34-26-41(37-22-12-13-25-44-37)46-42(27-34)38-24-23-33(29-45-38)40-28-39(31-16-6-2-7-17-31)47-43(48-40)32-18-8-3-9-19-32/h1-29H. The number of rotatable bonds is 7. The Balaban J connectivity index is 1.23. The molecule has 226 valence electrons. The van der Waals surface area contributed by atoms with Gasteiger partial charge >= 0.3 is 0 Å². The molecule has 0 unspecified atom stereocenters. The summed E-state index contributed by atoms with van der Waals surface area (Å²) in [5.41, 5.74) is 12.1. The van der Waals surface area contributed by atoms with E-state index in [0.29, 0.717) is 5.82 Å². The molecule has 4 aromatic carbocycles. The van der Waals surface area contributed by atoms with E-state index >= 15 is 0 Å². The van der Waals surface area contributed by atoms with Gasteiger partial charge in [-0.2, -0.15) is 0 Å². The lowest BCUT2D eigenvalue weighted by molar-refractivity contribution is 1.17. The fraction of sp³-hybridized carbons (Fsp3) is 0. The Kier molecular flexibility index (Phi) is 7.83. The van der Waals surface area contributed by atoms with Gasteiger partial charge in [0.05, 0.1) is 34.2 Å². The van der Waals surface area contributed by atoms with Crippen LogP contribution < -0.4 is 0 Å². The molecule has 48 heavy (non-hydrogen) atoms. The number of hydrogen-bond acceptors (Lipinski definition) is 5. The third kappa shape index (κ3) is 6.00. The first-order valence-corrected chi connectivity index (χ1v) is 15.8. The molecule has 0 aliphatic carbocycles. The molecule has 0 atom stereocenters. The van der Waals surface area contributed by atoms with Crippen molar-refractivity contribution in [2.24, 2.45) is 0 Å². The van der Waals surface area contributed by atoms with E-state index in [1.54, 1.807) is 6.20 Å². The molecule has 0 spiro atoms. The quantitative estimate of drug-likeness (QED) is 0.178. The Hall–Kier alpha value is -6.59. The largest absolute Gasteiger partial charge is 0.255 e. The van der Waals surface area contributed by atoms with Gasteiger partial charge in [-0.3, -0.25) is 9.97 Å². The van der Waals surface area contributed by atoms with Gasteiger partial charge in [-0.05, 0) is 64.7 Å². The second-order valence-corrected chi connectivity index (χ2v) is 11.4. The van der Waals surface area contributed by atoms with Gasteiger partial charge in [0.1, 0.15) is 0 Å². The summed E-state index contributed by atoms with van der Waals surface area (Å²) in [7, 11) is 0.